The molecule has 0 radical (unpaired) electrons. The molecule has 0 fully saturated rings. The van der Waals surface area contributed by atoms with Crippen LogP contribution < -0.4 is 10.6 Å². The summed E-state index contributed by atoms with van der Waals surface area (Å²) in [6.07, 6.45) is 5.82. The molecule has 0 atom stereocenters. The van der Waals surface area contributed by atoms with Gasteiger partial charge < -0.3 is 15.6 Å². The molecule has 2 heterocycles. The number of halogens is 1. The van der Waals surface area contributed by atoms with Gasteiger partial charge in [-0.15, -0.1) is 35.3 Å². The van der Waals surface area contributed by atoms with Crippen LogP contribution in [0.3, 0.4) is 0 Å². The van der Waals surface area contributed by atoms with Gasteiger partial charge in [0.1, 0.15) is 5.82 Å². The van der Waals surface area contributed by atoms with Crippen LogP contribution in [0.1, 0.15) is 36.0 Å². The van der Waals surface area contributed by atoms with Crippen molar-refractivity contribution in [2.45, 2.75) is 39.5 Å². The topological polar surface area (TPSA) is 78.0 Å². The van der Waals surface area contributed by atoms with Crippen LogP contribution in [0.25, 0.3) is 11.0 Å². The van der Waals surface area contributed by atoms with Gasteiger partial charge in [0, 0.05) is 43.5 Å². The van der Waals surface area contributed by atoms with Gasteiger partial charge in [0.25, 0.3) is 0 Å². The average molecular weight is 512 g/mol. The minimum absolute atomic E-state index is 0. The molecule has 0 saturated heterocycles. The molecule has 0 bridgehead atoms. The van der Waals surface area contributed by atoms with Gasteiger partial charge in [-0.05, 0) is 31.9 Å². The van der Waals surface area contributed by atoms with Crippen molar-refractivity contribution in [2.75, 3.05) is 19.6 Å². The van der Waals surface area contributed by atoms with E-state index in [0.717, 1.165) is 68.1 Å². The Hall–Kier alpha value is -1.68. The van der Waals surface area contributed by atoms with Crippen LogP contribution in [0.4, 0.5) is 0 Å². The highest BCUT2D eigenvalue weighted by atomic mass is 127. The number of hydrogen-bond donors (Lipinski definition) is 3. The van der Waals surface area contributed by atoms with Crippen molar-refractivity contribution < 1.29 is 0 Å². The Balaban J connectivity index is 0.00000280. The lowest BCUT2D eigenvalue weighted by Crippen LogP contribution is -2.38. The van der Waals surface area contributed by atoms with E-state index < -0.39 is 0 Å². The zero-order chi connectivity index (χ0) is 18.9. The second kappa shape index (κ2) is 12.0. The molecule has 152 valence electrons. The summed E-state index contributed by atoms with van der Waals surface area (Å²) in [6, 6.07) is 8.13. The van der Waals surface area contributed by atoms with E-state index in [-0.39, 0.29) is 24.0 Å². The smallest absolute Gasteiger partial charge is 0.191 e. The quantitative estimate of drug-likeness (QED) is 0.176. The molecule has 6 nitrogen and oxygen atoms in total. The van der Waals surface area contributed by atoms with Crippen LogP contribution in [0.15, 0.2) is 35.5 Å². The predicted octanol–water partition coefficient (Wildman–Crippen LogP) is 3.93. The Bertz CT molecular complexity index is 839. The second-order valence-electron chi connectivity index (χ2n) is 6.32. The number of benzene rings is 1. The van der Waals surface area contributed by atoms with E-state index in [1.165, 1.54) is 9.88 Å². The summed E-state index contributed by atoms with van der Waals surface area (Å²) in [5.74, 6) is 1.90. The Kier molecular flexibility index (Phi) is 9.69. The third-order valence-corrected chi connectivity index (χ3v) is 5.41. The molecular formula is C20H29IN6S. The fraction of sp³-hybridized carbons (Fsp3) is 0.450. The van der Waals surface area contributed by atoms with Crippen LogP contribution in [-0.2, 0) is 19.3 Å². The van der Waals surface area contributed by atoms with Gasteiger partial charge >= 0.3 is 0 Å². The van der Waals surface area contributed by atoms with Gasteiger partial charge in [-0.25, -0.2) is 9.97 Å². The zero-order valence-corrected chi connectivity index (χ0v) is 19.6. The number of thiazole rings is 1. The van der Waals surface area contributed by atoms with Gasteiger partial charge in [-0.1, -0.05) is 19.1 Å². The summed E-state index contributed by atoms with van der Waals surface area (Å²) < 4.78 is 0. The molecule has 3 N–H and O–H groups in total. The number of aliphatic imine (C=N–C) groups is 1. The molecule has 8 heteroatoms. The van der Waals surface area contributed by atoms with Crippen molar-refractivity contribution in [2.24, 2.45) is 4.99 Å². The minimum Gasteiger partial charge on any atom is -0.357 e. The molecule has 0 aliphatic rings. The Labute approximate surface area is 187 Å². The molecule has 0 aliphatic carbocycles. The lowest BCUT2D eigenvalue weighted by molar-refractivity contribution is 0.763. The van der Waals surface area contributed by atoms with E-state index in [0.29, 0.717) is 0 Å². The van der Waals surface area contributed by atoms with E-state index in [9.17, 15) is 0 Å². The summed E-state index contributed by atoms with van der Waals surface area (Å²) in [5, 5.41) is 7.88. The van der Waals surface area contributed by atoms with E-state index >= 15 is 0 Å². The van der Waals surface area contributed by atoms with E-state index in [1.54, 1.807) is 11.3 Å². The standard InChI is InChI=1S/C20H28N6S.HI/c1-3-15-14-24-19(27-15)11-13-23-20(21-4-2)22-12-7-10-18-25-16-8-5-6-9-17(16)26-18;/h5-6,8-9,14H,3-4,7,10-13H2,1-2H3,(H,25,26)(H2,21,22,23);1H. The monoisotopic (exact) mass is 512 g/mol. The third kappa shape index (κ3) is 6.73. The van der Waals surface area contributed by atoms with Crippen molar-refractivity contribution in [3.05, 3.63) is 46.2 Å². The lowest BCUT2D eigenvalue weighted by Gasteiger charge is -2.10. The SMILES string of the molecule is CCNC(=NCCCc1nc2ccccc2[nH]1)NCCc1ncc(CC)s1.I. The van der Waals surface area contributed by atoms with Crippen molar-refractivity contribution in [1.82, 2.24) is 25.6 Å². The molecule has 3 rings (SSSR count). The fourth-order valence-corrected chi connectivity index (χ4v) is 3.68. The minimum atomic E-state index is 0. The molecule has 3 aromatic rings. The number of imidazole rings is 1. The van der Waals surface area contributed by atoms with Gasteiger partial charge in [-0.3, -0.25) is 4.99 Å². The Morgan fingerprint density at radius 1 is 1.18 bits per heavy atom. The number of para-hydroxylation sites is 2. The fourth-order valence-electron chi connectivity index (χ4n) is 2.82. The van der Waals surface area contributed by atoms with Crippen molar-refractivity contribution in [1.29, 1.82) is 0 Å². The maximum atomic E-state index is 4.67. The van der Waals surface area contributed by atoms with E-state index in [2.05, 4.69) is 50.5 Å². The molecule has 0 unspecified atom stereocenters. The average Bonchev–Trinajstić information content (AvgIpc) is 3.31. The normalized spacial score (nSPS) is 11.4. The highest BCUT2D eigenvalue weighted by Gasteiger charge is 2.03. The first-order valence-corrected chi connectivity index (χ1v) is 10.5. The largest absolute Gasteiger partial charge is 0.357 e. The maximum Gasteiger partial charge on any atom is 0.191 e. The molecule has 2 aromatic heterocycles. The first-order valence-electron chi connectivity index (χ1n) is 9.68. The first-order chi connectivity index (χ1) is 13.3. The van der Waals surface area contributed by atoms with Crippen LogP contribution in [0, 0.1) is 0 Å². The van der Waals surface area contributed by atoms with Gasteiger partial charge in [0.2, 0.25) is 0 Å². The first kappa shape index (κ1) is 22.6. The van der Waals surface area contributed by atoms with Gasteiger partial charge in [0.15, 0.2) is 5.96 Å². The van der Waals surface area contributed by atoms with Crippen LogP contribution in [0.2, 0.25) is 0 Å². The summed E-state index contributed by atoms with van der Waals surface area (Å²) in [5.41, 5.74) is 2.12. The molecule has 0 spiro atoms. The molecule has 0 amide bonds. The number of nitrogens with one attached hydrogen (secondary N) is 3. The van der Waals surface area contributed by atoms with Crippen molar-refractivity contribution >= 4 is 52.3 Å². The molecule has 1 aromatic carbocycles. The van der Waals surface area contributed by atoms with Gasteiger partial charge in [-0.2, -0.15) is 0 Å². The molecular weight excluding hydrogens is 483 g/mol. The number of aryl methyl sites for hydroxylation is 2. The van der Waals surface area contributed by atoms with Crippen LogP contribution in [-0.4, -0.2) is 40.5 Å². The number of nitrogens with zero attached hydrogens (tertiary/aromatic N) is 3. The van der Waals surface area contributed by atoms with E-state index in [4.69, 9.17) is 0 Å². The Morgan fingerprint density at radius 3 is 2.79 bits per heavy atom. The molecule has 28 heavy (non-hydrogen) atoms. The van der Waals surface area contributed by atoms with E-state index in [1.807, 2.05) is 24.4 Å². The molecule has 0 saturated carbocycles. The highest BCUT2D eigenvalue weighted by molar-refractivity contribution is 14.0. The Morgan fingerprint density at radius 2 is 2.04 bits per heavy atom. The number of guanidine groups is 1. The number of rotatable bonds is 9. The number of hydrogen-bond acceptors (Lipinski definition) is 4. The summed E-state index contributed by atoms with van der Waals surface area (Å²) in [4.78, 5) is 18.5. The third-order valence-electron chi connectivity index (χ3n) is 4.21. The second-order valence-corrected chi connectivity index (χ2v) is 7.52. The zero-order valence-electron chi connectivity index (χ0n) is 16.5. The lowest BCUT2D eigenvalue weighted by atomic mass is 10.3. The summed E-state index contributed by atoms with van der Waals surface area (Å²) >= 11 is 1.80. The summed E-state index contributed by atoms with van der Waals surface area (Å²) in [7, 11) is 0. The number of aromatic nitrogens is 3. The van der Waals surface area contributed by atoms with Crippen molar-refractivity contribution in [3.8, 4) is 0 Å². The summed E-state index contributed by atoms with van der Waals surface area (Å²) in [6.45, 7) is 6.71. The highest BCUT2D eigenvalue weighted by Crippen LogP contribution is 2.13. The number of fused-ring (bicyclic) bond motifs is 1. The number of H-pyrrole nitrogens is 1. The maximum absolute atomic E-state index is 4.67. The number of aromatic amines is 1. The van der Waals surface area contributed by atoms with Crippen LogP contribution >= 0.6 is 35.3 Å². The molecule has 0 aliphatic heterocycles. The van der Waals surface area contributed by atoms with Crippen LogP contribution in [0.5, 0.6) is 0 Å². The van der Waals surface area contributed by atoms with Crippen molar-refractivity contribution in [3.63, 3.8) is 0 Å². The predicted molar refractivity (Wildman–Crippen MR) is 129 cm³/mol. The van der Waals surface area contributed by atoms with Gasteiger partial charge in [0.05, 0.1) is 16.0 Å².